The van der Waals surface area contributed by atoms with E-state index in [1.54, 1.807) is 0 Å². The van der Waals surface area contributed by atoms with Crippen LogP contribution in [0.4, 0.5) is 0 Å². The van der Waals surface area contributed by atoms with E-state index in [0.29, 0.717) is 30.1 Å². The van der Waals surface area contributed by atoms with Gasteiger partial charge >= 0.3 is 0 Å². The van der Waals surface area contributed by atoms with Gasteiger partial charge in [0.1, 0.15) is 6.61 Å². The predicted molar refractivity (Wildman–Crippen MR) is 110 cm³/mol. The summed E-state index contributed by atoms with van der Waals surface area (Å²) in [6, 6.07) is 0. The summed E-state index contributed by atoms with van der Waals surface area (Å²) in [7, 11) is 1.93. The normalized spacial score (nSPS) is 48.0. The van der Waals surface area contributed by atoms with Crippen LogP contribution in [0.5, 0.6) is 0 Å². The highest BCUT2D eigenvalue weighted by Crippen LogP contribution is 2.66. The molecule has 7 unspecified atom stereocenters. The Labute approximate surface area is 165 Å². The molecule has 4 fully saturated rings. The Bertz CT molecular complexity index is 565. The highest BCUT2D eigenvalue weighted by molar-refractivity contribution is 5.85. The summed E-state index contributed by atoms with van der Waals surface area (Å²) in [5.41, 5.74) is 7.78. The number of ether oxygens (including phenoxy) is 1. The summed E-state index contributed by atoms with van der Waals surface area (Å²) < 4.78 is 5.93. The zero-order valence-corrected chi connectivity index (χ0v) is 17.7. The molecule has 7 atom stereocenters. The Morgan fingerprint density at radius 1 is 1.04 bits per heavy atom. The minimum Gasteiger partial charge on any atom is -0.396 e. The average Bonchev–Trinajstić information content (AvgIpc) is 3.01. The maximum Gasteiger partial charge on any atom is 0.118 e. The van der Waals surface area contributed by atoms with Gasteiger partial charge in [-0.25, -0.2) is 0 Å². The van der Waals surface area contributed by atoms with E-state index in [9.17, 15) is 0 Å². The Kier molecular flexibility index (Phi) is 5.59. The van der Waals surface area contributed by atoms with Crippen molar-refractivity contribution in [2.75, 3.05) is 20.3 Å². The molecule has 0 saturated heterocycles. The topological polar surface area (TPSA) is 56.8 Å². The van der Waals surface area contributed by atoms with Crippen LogP contribution in [0, 0.1) is 34.5 Å². The molecular formula is C23H40N2O2. The highest BCUT2D eigenvalue weighted by atomic mass is 16.6. The molecular weight excluding hydrogens is 336 g/mol. The number of fused-ring (bicyclic) bond motifs is 5. The number of hydrogen-bond donors (Lipinski definition) is 1. The Balaban J connectivity index is 1.45. The standard InChI is InChI=1S/C23H40N2O2/c1-22-11-9-17(25-27-14-4-13-24)15-16(22)5-6-18-19-7-8-21(26-3)23(19,2)12-10-20(18)22/h16,18-21H,4-15,24H2,1-3H3. The van der Waals surface area contributed by atoms with Crippen molar-refractivity contribution in [2.45, 2.75) is 84.2 Å². The third kappa shape index (κ3) is 3.25. The summed E-state index contributed by atoms with van der Waals surface area (Å²) in [5, 5.41) is 4.48. The fourth-order valence-corrected chi connectivity index (χ4v) is 7.77. The molecule has 2 N–H and O–H groups in total. The van der Waals surface area contributed by atoms with Crippen LogP contribution in [0.15, 0.2) is 5.16 Å². The molecule has 27 heavy (non-hydrogen) atoms. The second-order valence-electron chi connectivity index (χ2n) is 10.3. The van der Waals surface area contributed by atoms with E-state index < -0.39 is 0 Å². The van der Waals surface area contributed by atoms with Crippen LogP contribution >= 0.6 is 0 Å². The van der Waals surface area contributed by atoms with E-state index in [4.69, 9.17) is 15.3 Å². The van der Waals surface area contributed by atoms with Crippen LogP contribution in [0.2, 0.25) is 0 Å². The molecule has 0 bridgehead atoms. The zero-order chi connectivity index (χ0) is 19.1. The minimum absolute atomic E-state index is 0.428. The average molecular weight is 377 g/mol. The molecule has 154 valence electrons. The third-order valence-electron chi connectivity index (χ3n) is 9.33. The Hall–Kier alpha value is -0.610. The minimum atomic E-state index is 0.428. The van der Waals surface area contributed by atoms with E-state index in [2.05, 4.69) is 19.0 Å². The first kappa shape index (κ1) is 19.7. The molecule has 0 amide bonds. The molecule has 4 rings (SSSR count). The van der Waals surface area contributed by atoms with Crippen molar-refractivity contribution in [3.05, 3.63) is 0 Å². The third-order valence-corrected chi connectivity index (χ3v) is 9.33. The zero-order valence-electron chi connectivity index (χ0n) is 17.7. The van der Waals surface area contributed by atoms with Crippen LogP contribution in [-0.4, -0.2) is 32.1 Å². The number of oxime groups is 1. The fourth-order valence-electron chi connectivity index (χ4n) is 7.77. The Morgan fingerprint density at radius 2 is 1.85 bits per heavy atom. The monoisotopic (exact) mass is 376 g/mol. The summed E-state index contributed by atoms with van der Waals surface area (Å²) in [6.45, 7) is 6.49. The van der Waals surface area contributed by atoms with Crippen molar-refractivity contribution in [2.24, 2.45) is 45.4 Å². The van der Waals surface area contributed by atoms with Gasteiger partial charge in [0.05, 0.1) is 11.8 Å². The van der Waals surface area contributed by atoms with Gasteiger partial charge in [-0.3, -0.25) is 0 Å². The quantitative estimate of drug-likeness (QED) is 0.556. The molecule has 4 nitrogen and oxygen atoms in total. The molecule has 4 heteroatoms. The van der Waals surface area contributed by atoms with E-state index in [-0.39, 0.29) is 0 Å². The molecule has 0 aliphatic heterocycles. The highest BCUT2D eigenvalue weighted by Gasteiger charge is 2.60. The summed E-state index contributed by atoms with van der Waals surface area (Å²) in [6.07, 6.45) is 13.2. The lowest BCUT2D eigenvalue weighted by molar-refractivity contribution is -0.118. The maximum atomic E-state index is 5.93. The molecule has 4 saturated carbocycles. The van der Waals surface area contributed by atoms with Gasteiger partial charge in [0.15, 0.2) is 0 Å². The Morgan fingerprint density at radius 3 is 2.63 bits per heavy atom. The number of hydrogen-bond acceptors (Lipinski definition) is 4. The van der Waals surface area contributed by atoms with E-state index in [0.717, 1.165) is 42.9 Å². The lowest BCUT2D eigenvalue weighted by Gasteiger charge is -2.60. The van der Waals surface area contributed by atoms with Gasteiger partial charge in [-0.05, 0) is 105 Å². The van der Waals surface area contributed by atoms with Crippen molar-refractivity contribution in [3.63, 3.8) is 0 Å². The van der Waals surface area contributed by atoms with E-state index in [1.165, 1.54) is 50.7 Å². The van der Waals surface area contributed by atoms with Crippen molar-refractivity contribution < 1.29 is 9.57 Å². The first-order chi connectivity index (χ1) is 13.0. The SMILES string of the molecule is COC1CCC2C3CCC4CC(=NOCCCN)CCC4(C)C3CCC12C. The van der Waals surface area contributed by atoms with Gasteiger partial charge in [-0.15, -0.1) is 0 Å². The number of rotatable bonds is 5. The number of nitrogens with zero attached hydrogens (tertiary/aromatic N) is 1. The van der Waals surface area contributed by atoms with Crippen LogP contribution in [0.3, 0.4) is 0 Å². The first-order valence-corrected chi connectivity index (χ1v) is 11.4. The molecule has 4 aliphatic carbocycles. The fraction of sp³-hybridized carbons (Fsp3) is 0.957. The van der Waals surface area contributed by atoms with Crippen LogP contribution in [0.1, 0.15) is 78.1 Å². The maximum absolute atomic E-state index is 5.93. The molecule has 0 aromatic heterocycles. The molecule has 0 heterocycles. The van der Waals surface area contributed by atoms with E-state index in [1.807, 2.05) is 7.11 Å². The van der Waals surface area contributed by atoms with Gasteiger partial charge in [0.25, 0.3) is 0 Å². The van der Waals surface area contributed by atoms with Crippen molar-refractivity contribution >= 4 is 5.71 Å². The summed E-state index contributed by atoms with van der Waals surface area (Å²) in [4.78, 5) is 5.52. The van der Waals surface area contributed by atoms with Gasteiger partial charge in [-0.2, -0.15) is 0 Å². The van der Waals surface area contributed by atoms with Crippen molar-refractivity contribution in [3.8, 4) is 0 Å². The first-order valence-electron chi connectivity index (χ1n) is 11.4. The lowest BCUT2D eigenvalue weighted by Crippen LogP contribution is -2.54. The molecule has 0 aromatic rings. The smallest absolute Gasteiger partial charge is 0.118 e. The lowest BCUT2D eigenvalue weighted by atomic mass is 9.45. The van der Waals surface area contributed by atoms with Crippen molar-refractivity contribution in [1.29, 1.82) is 0 Å². The van der Waals surface area contributed by atoms with Gasteiger partial charge in [0.2, 0.25) is 0 Å². The summed E-state index contributed by atoms with van der Waals surface area (Å²) in [5.74, 6) is 3.51. The molecule has 0 radical (unpaired) electrons. The molecule has 0 aromatic carbocycles. The molecule has 0 spiro atoms. The van der Waals surface area contributed by atoms with Crippen LogP contribution in [0.25, 0.3) is 0 Å². The van der Waals surface area contributed by atoms with Crippen molar-refractivity contribution in [1.82, 2.24) is 0 Å². The summed E-state index contributed by atoms with van der Waals surface area (Å²) >= 11 is 0. The largest absolute Gasteiger partial charge is 0.396 e. The van der Waals surface area contributed by atoms with E-state index >= 15 is 0 Å². The van der Waals surface area contributed by atoms with Gasteiger partial charge in [-0.1, -0.05) is 19.0 Å². The second-order valence-corrected chi connectivity index (χ2v) is 10.3. The molecule has 4 aliphatic rings. The number of nitrogens with two attached hydrogens (primary N) is 1. The predicted octanol–water partition coefficient (Wildman–Crippen LogP) is 4.77. The van der Waals surface area contributed by atoms with Crippen LogP contribution < -0.4 is 5.73 Å². The van der Waals surface area contributed by atoms with Gasteiger partial charge < -0.3 is 15.3 Å². The van der Waals surface area contributed by atoms with Gasteiger partial charge in [0, 0.05) is 7.11 Å². The van der Waals surface area contributed by atoms with Crippen LogP contribution in [-0.2, 0) is 9.57 Å². The number of methoxy groups -OCH3 is 1. The second kappa shape index (κ2) is 7.67.